The molecule has 1 rings (SSSR count). The minimum absolute atomic E-state index is 0.323. The lowest BCUT2D eigenvalue weighted by molar-refractivity contribution is 0.508. The molecule has 0 heterocycles. The number of allylic oxidation sites excluding steroid dienone is 4. The van der Waals surface area contributed by atoms with E-state index in [9.17, 15) is 8.78 Å². The number of aryl methyl sites for hydroxylation is 1. The SMILES string of the molecule is C\C=C(C)/N=C(Cl)/C(=C\C)C(CC)=Nc1cc(F)c(F)cc1C. The fraction of sp³-hybridized carbons (Fsp3) is 0.333. The molecule has 0 aliphatic rings. The average molecular weight is 339 g/mol. The van der Waals surface area contributed by atoms with Gasteiger partial charge in [-0.15, -0.1) is 0 Å². The van der Waals surface area contributed by atoms with Crippen LogP contribution in [0.15, 0.2) is 45.5 Å². The van der Waals surface area contributed by atoms with Crippen LogP contribution in [0.3, 0.4) is 0 Å². The van der Waals surface area contributed by atoms with Crippen LogP contribution in [0.25, 0.3) is 0 Å². The van der Waals surface area contributed by atoms with E-state index in [0.717, 1.165) is 17.8 Å². The van der Waals surface area contributed by atoms with Crippen molar-refractivity contribution < 1.29 is 8.78 Å². The minimum Gasteiger partial charge on any atom is -0.252 e. The van der Waals surface area contributed by atoms with Gasteiger partial charge < -0.3 is 0 Å². The molecule has 1 aromatic carbocycles. The average Bonchev–Trinajstić information content (AvgIpc) is 2.51. The molecule has 0 aromatic heterocycles. The first-order valence-electron chi connectivity index (χ1n) is 7.41. The summed E-state index contributed by atoms with van der Waals surface area (Å²) in [7, 11) is 0. The van der Waals surface area contributed by atoms with Crippen LogP contribution in [0.2, 0.25) is 0 Å². The molecule has 5 heteroatoms. The van der Waals surface area contributed by atoms with Crippen LogP contribution in [-0.2, 0) is 0 Å². The summed E-state index contributed by atoms with van der Waals surface area (Å²) in [6, 6.07) is 2.23. The fourth-order valence-electron chi connectivity index (χ4n) is 1.92. The quantitative estimate of drug-likeness (QED) is 0.566. The third-order valence-electron chi connectivity index (χ3n) is 3.34. The molecule has 0 amide bonds. The largest absolute Gasteiger partial charge is 0.252 e. The van der Waals surface area contributed by atoms with Gasteiger partial charge in [-0.05, 0) is 45.7 Å². The zero-order chi connectivity index (χ0) is 17.6. The number of halogens is 3. The monoisotopic (exact) mass is 338 g/mol. The van der Waals surface area contributed by atoms with Gasteiger partial charge in [-0.3, -0.25) is 4.99 Å². The smallest absolute Gasteiger partial charge is 0.160 e. The summed E-state index contributed by atoms with van der Waals surface area (Å²) < 4.78 is 26.7. The second-order valence-corrected chi connectivity index (χ2v) is 5.36. The molecule has 2 nitrogen and oxygen atoms in total. The van der Waals surface area contributed by atoms with Crippen LogP contribution in [0.4, 0.5) is 14.5 Å². The van der Waals surface area contributed by atoms with Crippen molar-refractivity contribution in [2.45, 2.75) is 41.0 Å². The molecule has 0 atom stereocenters. The van der Waals surface area contributed by atoms with Crippen molar-refractivity contribution in [2.75, 3.05) is 0 Å². The summed E-state index contributed by atoms with van der Waals surface area (Å²) in [5.74, 6) is -1.80. The maximum Gasteiger partial charge on any atom is 0.160 e. The molecule has 0 N–H and O–H groups in total. The van der Waals surface area contributed by atoms with E-state index < -0.39 is 11.6 Å². The molecule has 0 bridgehead atoms. The van der Waals surface area contributed by atoms with E-state index in [-0.39, 0.29) is 0 Å². The van der Waals surface area contributed by atoms with Crippen LogP contribution >= 0.6 is 11.6 Å². The molecule has 0 saturated heterocycles. The summed E-state index contributed by atoms with van der Waals surface area (Å²) in [6.45, 7) is 9.16. The molecule has 124 valence electrons. The highest BCUT2D eigenvalue weighted by Crippen LogP contribution is 2.24. The highest BCUT2D eigenvalue weighted by atomic mass is 35.5. The summed E-state index contributed by atoms with van der Waals surface area (Å²) >= 11 is 6.28. The topological polar surface area (TPSA) is 24.7 Å². The van der Waals surface area contributed by atoms with Crippen molar-refractivity contribution in [1.29, 1.82) is 0 Å². The minimum atomic E-state index is -0.920. The van der Waals surface area contributed by atoms with Crippen LogP contribution in [0.1, 0.15) is 39.7 Å². The van der Waals surface area contributed by atoms with Gasteiger partial charge in [0.2, 0.25) is 0 Å². The lowest BCUT2D eigenvalue weighted by Gasteiger charge is -2.10. The van der Waals surface area contributed by atoms with Gasteiger partial charge in [-0.2, -0.15) is 0 Å². The third-order valence-corrected chi connectivity index (χ3v) is 3.63. The zero-order valence-corrected chi connectivity index (χ0v) is 14.8. The third kappa shape index (κ3) is 5.10. The molecular formula is C18H21ClF2N2. The Morgan fingerprint density at radius 1 is 1.17 bits per heavy atom. The highest BCUT2D eigenvalue weighted by Gasteiger charge is 2.12. The van der Waals surface area contributed by atoms with E-state index in [1.54, 1.807) is 6.92 Å². The van der Waals surface area contributed by atoms with Gasteiger partial charge in [-0.25, -0.2) is 13.8 Å². The van der Waals surface area contributed by atoms with Crippen molar-refractivity contribution >= 4 is 28.2 Å². The molecule has 0 spiro atoms. The van der Waals surface area contributed by atoms with Gasteiger partial charge in [0.1, 0.15) is 5.17 Å². The molecule has 23 heavy (non-hydrogen) atoms. The van der Waals surface area contributed by atoms with Gasteiger partial charge in [-0.1, -0.05) is 30.7 Å². The first kappa shape index (κ1) is 19.2. The lowest BCUT2D eigenvalue weighted by Crippen LogP contribution is -2.08. The van der Waals surface area contributed by atoms with E-state index in [0.29, 0.717) is 34.1 Å². The molecular weight excluding hydrogens is 318 g/mol. The second kappa shape index (κ2) is 8.73. The van der Waals surface area contributed by atoms with Gasteiger partial charge in [0.15, 0.2) is 11.6 Å². The number of benzene rings is 1. The predicted molar refractivity (Wildman–Crippen MR) is 95.0 cm³/mol. The van der Waals surface area contributed by atoms with Crippen LogP contribution in [0.5, 0.6) is 0 Å². The normalized spacial score (nSPS) is 14.4. The number of rotatable bonds is 5. The van der Waals surface area contributed by atoms with E-state index in [2.05, 4.69) is 9.98 Å². The first-order valence-corrected chi connectivity index (χ1v) is 7.79. The number of aliphatic imine (C=N–C) groups is 2. The van der Waals surface area contributed by atoms with E-state index in [1.807, 2.05) is 39.8 Å². The molecule has 1 aromatic rings. The van der Waals surface area contributed by atoms with Crippen molar-refractivity contribution in [3.63, 3.8) is 0 Å². The second-order valence-electron chi connectivity index (χ2n) is 5.00. The summed E-state index contributed by atoms with van der Waals surface area (Å²) in [5.41, 5.74) is 3.07. The summed E-state index contributed by atoms with van der Waals surface area (Å²) in [6.07, 6.45) is 4.24. The predicted octanol–water partition coefficient (Wildman–Crippen LogP) is 6.26. The zero-order valence-electron chi connectivity index (χ0n) is 14.0. The van der Waals surface area contributed by atoms with Gasteiger partial charge >= 0.3 is 0 Å². The van der Waals surface area contributed by atoms with Crippen molar-refractivity contribution in [2.24, 2.45) is 9.98 Å². The molecule has 0 fully saturated rings. The number of nitrogens with zero attached hydrogens (tertiary/aromatic N) is 2. The lowest BCUT2D eigenvalue weighted by atomic mass is 10.1. The van der Waals surface area contributed by atoms with E-state index >= 15 is 0 Å². The number of hydrogen-bond acceptors (Lipinski definition) is 2. The number of hydrogen-bond donors (Lipinski definition) is 0. The standard InChI is InChI=1S/C18H21ClF2N2/c1-6-12(5)22-18(19)13(7-2)16(8-3)23-17-10-15(21)14(20)9-11(17)4/h6-7,9-10H,8H2,1-5H3/b12-6-,13-7-,22-18-,23-16?. The van der Waals surface area contributed by atoms with Crippen molar-refractivity contribution in [3.8, 4) is 0 Å². The Bertz CT molecular complexity index is 701. The first-order chi connectivity index (χ1) is 10.8. The maximum absolute atomic E-state index is 13.5. The highest BCUT2D eigenvalue weighted by molar-refractivity contribution is 6.72. The Morgan fingerprint density at radius 3 is 2.30 bits per heavy atom. The molecule has 0 radical (unpaired) electrons. The maximum atomic E-state index is 13.5. The Balaban J connectivity index is 3.36. The van der Waals surface area contributed by atoms with Gasteiger partial charge in [0.25, 0.3) is 0 Å². The fourth-order valence-corrected chi connectivity index (χ4v) is 2.27. The Morgan fingerprint density at radius 2 is 1.78 bits per heavy atom. The summed E-state index contributed by atoms with van der Waals surface area (Å²) in [4.78, 5) is 8.75. The van der Waals surface area contributed by atoms with Crippen molar-refractivity contribution in [3.05, 3.63) is 52.8 Å². The van der Waals surface area contributed by atoms with Crippen LogP contribution in [0, 0.1) is 18.6 Å². The van der Waals surface area contributed by atoms with E-state index in [4.69, 9.17) is 11.6 Å². The van der Waals surface area contributed by atoms with Gasteiger partial charge in [0.05, 0.1) is 11.4 Å². The van der Waals surface area contributed by atoms with Crippen LogP contribution < -0.4 is 0 Å². The molecule has 0 aliphatic carbocycles. The van der Waals surface area contributed by atoms with E-state index in [1.165, 1.54) is 0 Å². The van der Waals surface area contributed by atoms with Crippen LogP contribution in [-0.4, -0.2) is 10.9 Å². The molecule has 0 saturated carbocycles. The van der Waals surface area contributed by atoms with Gasteiger partial charge in [0, 0.05) is 17.3 Å². The Labute approximate surface area is 141 Å². The molecule has 0 aliphatic heterocycles. The summed E-state index contributed by atoms with van der Waals surface area (Å²) in [5, 5.41) is 0.323. The Kier molecular flexibility index (Phi) is 7.30. The Hall–Kier alpha value is -1.81. The van der Waals surface area contributed by atoms with Crippen molar-refractivity contribution in [1.82, 2.24) is 0 Å². The molecule has 0 unspecified atom stereocenters.